The third-order valence-electron chi connectivity index (χ3n) is 2.93. The highest BCUT2D eigenvalue weighted by Crippen LogP contribution is 2.31. The van der Waals surface area contributed by atoms with Crippen LogP contribution in [-0.2, 0) is 0 Å². The molecule has 0 amide bonds. The largest absolute Gasteiger partial charge is 0.343 e. The number of fused-ring (bicyclic) bond motifs is 3. The Morgan fingerprint density at radius 2 is 2.00 bits per heavy atom. The molecule has 0 aliphatic carbocycles. The van der Waals surface area contributed by atoms with Crippen molar-refractivity contribution < 1.29 is 0 Å². The van der Waals surface area contributed by atoms with Crippen molar-refractivity contribution in [2.75, 3.05) is 6.54 Å². The Labute approximate surface area is 90.0 Å². The van der Waals surface area contributed by atoms with E-state index in [1.54, 1.807) is 0 Å². The molecular formula is C14H13N. The van der Waals surface area contributed by atoms with Gasteiger partial charge in [-0.1, -0.05) is 35.9 Å². The molecule has 0 saturated carbocycles. The lowest BCUT2D eigenvalue weighted by molar-refractivity contribution is 0.569. The van der Waals surface area contributed by atoms with Gasteiger partial charge in [0.1, 0.15) is 0 Å². The fraction of sp³-hybridized carbons (Fsp3) is 0.143. The van der Waals surface area contributed by atoms with Crippen LogP contribution in [0.25, 0.3) is 11.8 Å². The van der Waals surface area contributed by atoms with Crippen LogP contribution < -0.4 is 0 Å². The van der Waals surface area contributed by atoms with Crippen molar-refractivity contribution in [1.29, 1.82) is 0 Å². The predicted molar refractivity (Wildman–Crippen MR) is 63.9 cm³/mol. The van der Waals surface area contributed by atoms with Gasteiger partial charge in [0.25, 0.3) is 0 Å². The zero-order valence-electron chi connectivity index (χ0n) is 8.77. The third-order valence-corrected chi connectivity index (χ3v) is 2.93. The zero-order chi connectivity index (χ0) is 10.3. The average molecular weight is 195 g/mol. The second-order valence-electron chi connectivity index (χ2n) is 4.10. The van der Waals surface area contributed by atoms with E-state index in [4.69, 9.17) is 0 Å². The van der Waals surface area contributed by atoms with Crippen LogP contribution in [0.2, 0.25) is 0 Å². The maximum Gasteiger partial charge on any atom is 0.0488 e. The van der Waals surface area contributed by atoms with Gasteiger partial charge in [0.05, 0.1) is 0 Å². The molecule has 0 fully saturated rings. The summed E-state index contributed by atoms with van der Waals surface area (Å²) in [6.45, 7) is 3.18. The molecule has 0 unspecified atom stereocenters. The molecular weight excluding hydrogens is 182 g/mol. The highest BCUT2D eigenvalue weighted by molar-refractivity contribution is 5.79. The summed E-state index contributed by atoms with van der Waals surface area (Å²) >= 11 is 0. The van der Waals surface area contributed by atoms with E-state index in [9.17, 15) is 0 Å². The first-order valence-corrected chi connectivity index (χ1v) is 5.26. The molecule has 1 nitrogen and oxygen atoms in total. The molecule has 3 rings (SSSR count). The molecule has 1 aromatic rings. The lowest BCUT2D eigenvalue weighted by atomic mass is 9.98. The number of allylic oxidation sites excluding steroid dienone is 2. The zero-order valence-corrected chi connectivity index (χ0v) is 8.77. The smallest absolute Gasteiger partial charge is 0.0488 e. The molecule has 1 aromatic carbocycles. The lowest BCUT2D eigenvalue weighted by Crippen LogP contribution is -2.22. The van der Waals surface area contributed by atoms with Gasteiger partial charge in [-0.2, -0.15) is 0 Å². The van der Waals surface area contributed by atoms with E-state index in [1.165, 1.54) is 22.4 Å². The molecule has 2 aliphatic heterocycles. The van der Waals surface area contributed by atoms with Crippen molar-refractivity contribution >= 4 is 11.8 Å². The van der Waals surface area contributed by atoms with Crippen LogP contribution in [0.3, 0.4) is 0 Å². The van der Waals surface area contributed by atoms with Gasteiger partial charge in [-0.15, -0.1) is 0 Å². The van der Waals surface area contributed by atoms with E-state index in [2.05, 4.69) is 60.5 Å². The van der Waals surface area contributed by atoms with Crippen LogP contribution in [0.15, 0.2) is 48.2 Å². The van der Waals surface area contributed by atoms with E-state index >= 15 is 0 Å². The van der Waals surface area contributed by atoms with Crippen molar-refractivity contribution in [1.82, 2.24) is 4.90 Å². The lowest BCUT2D eigenvalue weighted by Gasteiger charge is -2.31. The number of nitrogens with zero attached hydrogens (tertiary/aromatic N) is 1. The normalized spacial score (nSPS) is 17.8. The first-order valence-electron chi connectivity index (χ1n) is 5.26. The molecule has 1 heteroatoms. The van der Waals surface area contributed by atoms with Crippen LogP contribution in [0.1, 0.15) is 18.1 Å². The Morgan fingerprint density at radius 3 is 2.93 bits per heavy atom. The fourth-order valence-corrected chi connectivity index (χ4v) is 2.15. The van der Waals surface area contributed by atoms with E-state index in [0.717, 1.165) is 6.54 Å². The number of benzene rings is 1. The Morgan fingerprint density at radius 1 is 1.13 bits per heavy atom. The minimum absolute atomic E-state index is 1.01. The van der Waals surface area contributed by atoms with Crippen molar-refractivity contribution in [3.05, 3.63) is 59.3 Å². The Kier molecular flexibility index (Phi) is 1.78. The van der Waals surface area contributed by atoms with E-state index < -0.39 is 0 Å². The summed E-state index contributed by atoms with van der Waals surface area (Å²) in [7, 11) is 0. The predicted octanol–water partition coefficient (Wildman–Crippen LogP) is 3.27. The summed E-state index contributed by atoms with van der Waals surface area (Å²) in [5.41, 5.74) is 5.37. The molecule has 2 aliphatic rings. The van der Waals surface area contributed by atoms with Crippen LogP contribution in [0.4, 0.5) is 0 Å². The minimum Gasteiger partial charge on any atom is -0.343 e. The summed E-state index contributed by atoms with van der Waals surface area (Å²) in [5.74, 6) is 0. The highest BCUT2D eigenvalue weighted by Gasteiger charge is 2.18. The van der Waals surface area contributed by atoms with Gasteiger partial charge in [-0.05, 0) is 24.6 Å². The number of rotatable bonds is 0. The van der Waals surface area contributed by atoms with Gasteiger partial charge in [0.15, 0.2) is 0 Å². The van der Waals surface area contributed by atoms with Gasteiger partial charge >= 0.3 is 0 Å². The fourth-order valence-electron chi connectivity index (χ4n) is 2.15. The second kappa shape index (κ2) is 3.13. The Hall–Kier alpha value is -1.76. The van der Waals surface area contributed by atoms with Crippen molar-refractivity contribution in [3.63, 3.8) is 0 Å². The first kappa shape index (κ1) is 8.54. The summed E-state index contributed by atoms with van der Waals surface area (Å²) in [6, 6.07) is 8.53. The van der Waals surface area contributed by atoms with Gasteiger partial charge in [-0.3, -0.25) is 0 Å². The maximum absolute atomic E-state index is 2.30. The molecule has 0 aromatic heterocycles. The molecule has 0 bridgehead atoms. The molecule has 2 heterocycles. The van der Waals surface area contributed by atoms with E-state index in [1.807, 2.05) is 0 Å². The molecule has 0 saturated heterocycles. The van der Waals surface area contributed by atoms with E-state index in [0.29, 0.717) is 0 Å². The standard InChI is InChI=1S/C14H13N/c1-11-6-7-14-13-5-3-2-4-12(13)8-9-15(14)10-11/h2-9H,10H2,1H3. The van der Waals surface area contributed by atoms with Crippen LogP contribution >= 0.6 is 0 Å². The summed E-state index contributed by atoms with van der Waals surface area (Å²) < 4.78 is 0. The second-order valence-corrected chi connectivity index (χ2v) is 4.10. The molecule has 0 radical (unpaired) electrons. The van der Waals surface area contributed by atoms with Crippen molar-refractivity contribution in [2.24, 2.45) is 0 Å². The van der Waals surface area contributed by atoms with Gasteiger partial charge in [-0.25, -0.2) is 0 Å². The molecule has 74 valence electrons. The minimum atomic E-state index is 1.01. The van der Waals surface area contributed by atoms with Crippen LogP contribution in [-0.4, -0.2) is 11.4 Å². The van der Waals surface area contributed by atoms with Gasteiger partial charge < -0.3 is 4.90 Å². The first-order chi connectivity index (χ1) is 7.34. The Bertz CT molecular complexity index is 492. The topological polar surface area (TPSA) is 3.24 Å². The highest BCUT2D eigenvalue weighted by atomic mass is 15.1. The monoisotopic (exact) mass is 195 g/mol. The molecule has 0 spiro atoms. The number of hydrogen-bond donors (Lipinski definition) is 0. The van der Waals surface area contributed by atoms with E-state index in [-0.39, 0.29) is 0 Å². The quantitative estimate of drug-likeness (QED) is 0.614. The SMILES string of the molecule is CC1=CC=C2c3ccccc3C=CN2C1. The molecule has 15 heavy (non-hydrogen) atoms. The number of hydrogen-bond acceptors (Lipinski definition) is 1. The molecule has 0 N–H and O–H groups in total. The summed E-state index contributed by atoms with van der Waals surface area (Å²) in [5, 5.41) is 0. The van der Waals surface area contributed by atoms with Crippen molar-refractivity contribution in [3.8, 4) is 0 Å². The molecule has 0 atom stereocenters. The Balaban J connectivity index is 2.18. The van der Waals surface area contributed by atoms with Crippen LogP contribution in [0, 0.1) is 0 Å². The van der Waals surface area contributed by atoms with Gasteiger partial charge in [0, 0.05) is 24.0 Å². The van der Waals surface area contributed by atoms with Crippen molar-refractivity contribution in [2.45, 2.75) is 6.92 Å². The summed E-state index contributed by atoms with van der Waals surface area (Å²) in [6.07, 6.45) is 8.78. The van der Waals surface area contributed by atoms with Gasteiger partial charge in [0.2, 0.25) is 0 Å². The average Bonchev–Trinajstić information content (AvgIpc) is 2.28. The maximum atomic E-state index is 2.30. The van der Waals surface area contributed by atoms with Crippen LogP contribution in [0.5, 0.6) is 0 Å². The summed E-state index contributed by atoms with van der Waals surface area (Å²) in [4.78, 5) is 2.30. The third kappa shape index (κ3) is 1.32.